The fraction of sp³-hybridized carbons (Fsp3) is 0.417. The first-order valence-electron chi connectivity index (χ1n) is 5.16. The predicted molar refractivity (Wildman–Crippen MR) is 66.8 cm³/mol. The average molecular weight is 241 g/mol. The van der Waals surface area contributed by atoms with Gasteiger partial charge < -0.3 is 10.5 Å². The van der Waals surface area contributed by atoms with E-state index in [1.165, 1.54) is 12.1 Å². The third-order valence-electron chi connectivity index (χ3n) is 2.04. The van der Waals surface area contributed by atoms with E-state index in [0.29, 0.717) is 30.3 Å². The van der Waals surface area contributed by atoms with Crippen molar-refractivity contribution in [3.63, 3.8) is 0 Å². The Bertz CT molecular complexity index is 379. The van der Waals surface area contributed by atoms with Crippen molar-refractivity contribution < 1.29 is 9.13 Å². The molecule has 0 aliphatic carbocycles. The van der Waals surface area contributed by atoms with E-state index in [2.05, 4.69) is 13.8 Å². The minimum absolute atomic E-state index is 0.267. The fourth-order valence-corrected chi connectivity index (χ4v) is 1.53. The molecule has 0 radical (unpaired) electrons. The van der Waals surface area contributed by atoms with Gasteiger partial charge in [-0.1, -0.05) is 26.1 Å². The SMILES string of the molecule is CC(C)COCc1cc(F)ccc1C(N)=S. The van der Waals surface area contributed by atoms with Crippen molar-refractivity contribution >= 4 is 17.2 Å². The van der Waals surface area contributed by atoms with Crippen LogP contribution in [-0.4, -0.2) is 11.6 Å². The molecule has 88 valence electrons. The zero-order valence-electron chi connectivity index (χ0n) is 9.50. The summed E-state index contributed by atoms with van der Waals surface area (Å²) in [6.45, 7) is 5.08. The van der Waals surface area contributed by atoms with Crippen LogP contribution in [0.15, 0.2) is 18.2 Å². The predicted octanol–water partition coefficient (Wildman–Crippen LogP) is 2.63. The molecule has 1 rings (SSSR count). The van der Waals surface area contributed by atoms with Crippen molar-refractivity contribution in [2.75, 3.05) is 6.61 Å². The molecule has 0 spiro atoms. The maximum Gasteiger partial charge on any atom is 0.123 e. The Morgan fingerprint density at radius 3 is 2.75 bits per heavy atom. The van der Waals surface area contributed by atoms with Gasteiger partial charge in [-0.3, -0.25) is 0 Å². The van der Waals surface area contributed by atoms with Crippen molar-refractivity contribution in [2.45, 2.75) is 20.5 Å². The van der Waals surface area contributed by atoms with E-state index in [1.807, 2.05) is 0 Å². The van der Waals surface area contributed by atoms with E-state index in [-0.39, 0.29) is 10.8 Å². The summed E-state index contributed by atoms with van der Waals surface area (Å²) in [7, 11) is 0. The highest BCUT2D eigenvalue weighted by Crippen LogP contribution is 2.13. The first-order valence-corrected chi connectivity index (χ1v) is 5.57. The van der Waals surface area contributed by atoms with Crippen molar-refractivity contribution in [1.82, 2.24) is 0 Å². The molecule has 0 bridgehead atoms. The normalized spacial score (nSPS) is 10.8. The van der Waals surface area contributed by atoms with Gasteiger partial charge in [0.15, 0.2) is 0 Å². The standard InChI is InChI=1S/C12H16FNOS/c1-8(2)6-15-7-9-5-10(13)3-4-11(9)12(14)16/h3-5,8H,6-7H2,1-2H3,(H2,14,16). The van der Waals surface area contributed by atoms with E-state index in [1.54, 1.807) is 6.07 Å². The lowest BCUT2D eigenvalue weighted by molar-refractivity contribution is 0.0968. The summed E-state index contributed by atoms with van der Waals surface area (Å²) >= 11 is 4.89. The Hall–Kier alpha value is -1.00. The zero-order chi connectivity index (χ0) is 12.1. The van der Waals surface area contributed by atoms with Gasteiger partial charge in [-0.2, -0.15) is 0 Å². The van der Waals surface area contributed by atoms with E-state index in [0.717, 1.165) is 0 Å². The van der Waals surface area contributed by atoms with Crippen molar-refractivity contribution in [2.24, 2.45) is 11.7 Å². The Balaban J connectivity index is 2.76. The minimum atomic E-state index is -0.303. The van der Waals surface area contributed by atoms with Gasteiger partial charge in [-0.05, 0) is 29.7 Å². The Labute approximate surface area is 101 Å². The molecule has 0 aromatic heterocycles. The van der Waals surface area contributed by atoms with Gasteiger partial charge in [0, 0.05) is 12.2 Å². The van der Waals surface area contributed by atoms with Gasteiger partial charge in [0.1, 0.15) is 10.8 Å². The Morgan fingerprint density at radius 1 is 1.50 bits per heavy atom. The Morgan fingerprint density at radius 2 is 2.19 bits per heavy atom. The summed E-state index contributed by atoms with van der Waals surface area (Å²) in [4.78, 5) is 0.267. The lowest BCUT2D eigenvalue weighted by atomic mass is 10.1. The first-order chi connectivity index (χ1) is 7.50. The van der Waals surface area contributed by atoms with E-state index >= 15 is 0 Å². The topological polar surface area (TPSA) is 35.2 Å². The molecular formula is C12H16FNOS. The molecule has 0 aliphatic heterocycles. The molecule has 0 fully saturated rings. The van der Waals surface area contributed by atoms with Crippen molar-refractivity contribution in [3.05, 3.63) is 35.1 Å². The third-order valence-corrected chi connectivity index (χ3v) is 2.26. The summed E-state index contributed by atoms with van der Waals surface area (Å²) in [5.74, 6) is 0.144. The molecule has 4 heteroatoms. The molecule has 2 N–H and O–H groups in total. The molecule has 1 aromatic carbocycles. The second-order valence-electron chi connectivity index (χ2n) is 4.07. The lowest BCUT2D eigenvalue weighted by Gasteiger charge is -2.10. The van der Waals surface area contributed by atoms with Crippen LogP contribution in [0.2, 0.25) is 0 Å². The van der Waals surface area contributed by atoms with Crippen LogP contribution in [-0.2, 0) is 11.3 Å². The number of thiocarbonyl (C=S) groups is 1. The Kier molecular flexibility index (Phi) is 4.83. The molecule has 0 heterocycles. The second kappa shape index (κ2) is 5.92. The third kappa shape index (κ3) is 3.87. The number of ether oxygens (including phenoxy) is 1. The molecule has 0 atom stereocenters. The number of hydrogen-bond donors (Lipinski definition) is 1. The first kappa shape index (κ1) is 13.1. The summed E-state index contributed by atoms with van der Waals surface area (Å²) in [6.07, 6.45) is 0. The molecule has 0 saturated heterocycles. The van der Waals surface area contributed by atoms with Gasteiger partial charge in [0.25, 0.3) is 0 Å². The van der Waals surface area contributed by atoms with Crippen LogP contribution in [0.3, 0.4) is 0 Å². The van der Waals surface area contributed by atoms with Crippen LogP contribution in [0.5, 0.6) is 0 Å². The quantitative estimate of drug-likeness (QED) is 0.805. The highest BCUT2D eigenvalue weighted by Gasteiger charge is 2.07. The highest BCUT2D eigenvalue weighted by molar-refractivity contribution is 7.80. The van der Waals surface area contributed by atoms with Gasteiger partial charge in [-0.25, -0.2) is 4.39 Å². The molecule has 16 heavy (non-hydrogen) atoms. The largest absolute Gasteiger partial charge is 0.389 e. The zero-order valence-corrected chi connectivity index (χ0v) is 10.3. The molecule has 2 nitrogen and oxygen atoms in total. The second-order valence-corrected chi connectivity index (χ2v) is 4.51. The molecule has 0 amide bonds. The number of hydrogen-bond acceptors (Lipinski definition) is 2. The molecule has 0 saturated carbocycles. The monoisotopic (exact) mass is 241 g/mol. The van der Waals surface area contributed by atoms with Crippen LogP contribution in [0.4, 0.5) is 4.39 Å². The highest BCUT2D eigenvalue weighted by atomic mass is 32.1. The maximum atomic E-state index is 13.1. The smallest absolute Gasteiger partial charge is 0.123 e. The maximum absolute atomic E-state index is 13.1. The van der Waals surface area contributed by atoms with Crippen molar-refractivity contribution in [1.29, 1.82) is 0 Å². The number of benzene rings is 1. The van der Waals surface area contributed by atoms with E-state index < -0.39 is 0 Å². The molecule has 1 aromatic rings. The van der Waals surface area contributed by atoms with Gasteiger partial charge in [0.05, 0.1) is 6.61 Å². The number of halogens is 1. The fourth-order valence-electron chi connectivity index (χ4n) is 1.33. The summed E-state index contributed by atoms with van der Waals surface area (Å²) in [5.41, 5.74) is 6.93. The van der Waals surface area contributed by atoms with Crippen LogP contribution in [0.1, 0.15) is 25.0 Å². The van der Waals surface area contributed by atoms with Crippen molar-refractivity contribution in [3.8, 4) is 0 Å². The molecular weight excluding hydrogens is 225 g/mol. The van der Waals surface area contributed by atoms with Crippen LogP contribution in [0, 0.1) is 11.7 Å². The average Bonchev–Trinajstić information content (AvgIpc) is 2.16. The molecule has 0 unspecified atom stereocenters. The van der Waals surface area contributed by atoms with Crippen LogP contribution in [0.25, 0.3) is 0 Å². The molecule has 0 aliphatic rings. The summed E-state index contributed by atoms with van der Waals surface area (Å²) < 4.78 is 18.5. The van der Waals surface area contributed by atoms with Crippen LogP contribution >= 0.6 is 12.2 Å². The van der Waals surface area contributed by atoms with Crippen LogP contribution < -0.4 is 5.73 Å². The summed E-state index contributed by atoms with van der Waals surface area (Å²) in [5, 5.41) is 0. The number of rotatable bonds is 5. The summed E-state index contributed by atoms with van der Waals surface area (Å²) in [6, 6.07) is 4.35. The van der Waals surface area contributed by atoms with Gasteiger partial charge in [0.2, 0.25) is 0 Å². The van der Waals surface area contributed by atoms with E-state index in [9.17, 15) is 4.39 Å². The van der Waals surface area contributed by atoms with E-state index in [4.69, 9.17) is 22.7 Å². The number of nitrogens with two attached hydrogens (primary N) is 1. The lowest BCUT2D eigenvalue weighted by Crippen LogP contribution is -2.14. The van der Waals surface area contributed by atoms with Gasteiger partial charge in [-0.15, -0.1) is 0 Å². The van der Waals surface area contributed by atoms with Gasteiger partial charge >= 0.3 is 0 Å². The minimum Gasteiger partial charge on any atom is -0.389 e.